The minimum absolute atomic E-state index is 0.252. The van der Waals surface area contributed by atoms with Crippen LogP contribution in [0.2, 0.25) is 0 Å². The molecule has 24 heavy (non-hydrogen) atoms. The Morgan fingerprint density at radius 1 is 1.25 bits per heavy atom. The number of hydrogen-bond donors (Lipinski definition) is 2. The molecule has 0 bridgehead atoms. The second-order valence-electron chi connectivity index (χ2n) is 5.30. The van der Waals surface area contributed by atoms with Crippen molar-refractivity contribution >= 4 is 33.2 Å². The highest BCUT2D eigenvalue weighted by Gasteiger charge is 2.09. The van der Waals surface area contributed by atoms with Gasteiger partial charge in [0.15, 0.2) is 0 Å². The van der Waals surface area contributed by atoms with E-state index in [1.165, 1.54) is 5.56 Å². The molecule has 2 heterocycles. The van der Waals surface area contributed by atoms with Crippen LogP contribution in [0.1, 0.15) is 21.8 Å². The number of carbonyl (C=O) groups is 1. The number of anilines is 2. The molecule has 3 aromatic rings. The van der Waals surface area contributed by atoms with Crippen molar-refractivity contribution < 1.29 is 9.21 Å². The molecule has 0 radical (unpaired) electrons. The lowest BCUT2D eigenvalue weighted by atomic mass is 10.2. The van der Waals surface area contributed by atoms with E-state index in [4.69, 9.17) is 4.42 Å². The number of furan rings is 1. The maximum atomic E-state index is 12.2. The number of halogens is 1. The number of benzene rings is 1. The van der Waals surface area contributed by atoms with Crippen LogP contribution >= 0.6 is 15.9 Å². The summed E-state index contributed by atoms with van der Waals surface area (Å²) in [4.78, 5) is 16.3. The summed E-state index contributed by atoms with van der Waals surface area (Å²) in [6.45, 7) is 2.36. The number of aryl methyl sites for hydroxylation is 1. The fraction of sp³-hybridized carbons (Fsp3) is 0.111. The monoisotopic (exact) mass is 385 g/mol. The van der Waals surface area contributed by atoms with Crippen LogP contribution in [-0.4, -0.2) is 10.9 Å². The highest BCUT2D eigenvalue weighted by molar-refractivity contribution is 9.10. The SMILES string of the molecule is Cc1ccc(Nc2ccnc(C(=O)NCc3ccco3)c2)c(Br)c1. The van der Waals surface area contributed by atoms with Crippen molar-refractivity contribution in [3.8, 4) is 0 Å². The predicted molar refractivity (Wildman–Crippen MR) is 96.3 cm³/mol. The minimum Gasteiger partial charge on any atom is -0.467 e. The number of carbonyl (C=O) groups excluding carboxylic acids is 1. The van der Waals surface area contributed by atoms with Crippen LogP contribution < -0.4 is 10.6 Å². The summed E-state index contributed by atoms with van der Waals surface area (Å²) in [5.74, 6) is 0.444. The van der Waals surface area contributed by atoms with E-state index < -0.39 is 0 Å². The Balaban J connectivity index is 1.70. The lowest BCUT2D eigenvalue weighted by Gasteiger charge is -2.10. The van der Waals surface area contributed by atoms with Crippen LogP contribution in [0, 0.1) is 6.92 Å². The first-order chi connectivity index (χ1) is 11.6. The average Bonchev–Trinajstić information content (AvgIpc) is 3.09. The van der Waals surface area contributed by atoms with E-state index in [-0.39, 0.29) is 5.91 Å². The third-order valence-corrected chi connectivity index (χ3v) is 4.06. The lowest BCUT2D eigenvalue weighted by Crippen LogP contribution is -2.23. The molecule has 5 nitrogen and oxygen atoms in total. The summed E-state index contributed by atoms with van der Waals surface area (Å²) in [6.07, 6.45) is 3.18. The van der Waals surface area contributed by atoms with Gasteiger partial charge in [-0.1, -0.05) is 6.07 Å². The average molecular weight is 386 g/mol. The summed E-state index contributed by atoms with van der Waals surface area (Å²) in [7, 11) is 0. The third-order valence-electron chi connectivity index (χ3n) is 3.40. The van der Waals surface area contributed by atoms with Crippen molar-refractivity contribution in [1.82, 2.24) is 10.3 Å². The molecular weight excluding hydrogens is 370 g/mol. The summed E-state index contributed by atoms with van der Waals surface area (Å²) in [5.41, 5.74) is 3.22. The van der Waals surface area contributed by atoms with Gasteiger partial charge >= 0.3 is 0 Å². The number of nitrogens with one attached hydrogen (secondary N) is 2. The van der Waals surface area contributed by atoms with Gasteiger partial charge in [0.05, 0.1) is 18.5 Å². The number of aromatic nitrogens is 1. The number of amides is 1. The Morgan fingerprint density at radius 2 is 2.12 bits per heavy atom. The highest BCUT2D eigenvalue weighted by atomic mass is 79.9. The van der Waals surface area contributed by atoms with Crippen LogP contribution in [0.3, 0.4) is 0 Å². The van der Waals surface area contributed by atoms with Crippen LogP contribution in [0.25, 0.3) is 0 Å². The van der Waals surface area contributed by atoms with Crippen molar-refractivity contribution in [2.75, 3.05) is 5.32 Å². The van der Waals surface area contributed by atoms with E-state index in [1.54, 1.807) is 30.7 Å². The van der Waals surface area contributed by atoms with Crippen molar-refractivity contribution in [2.45, 2.75) is 13.5 Å². The molecule has 2 N–H and O–H groups in total. The first-order valence-electron chi connectivity index (χ1n) is 7.41. The molecule has 0 aliphatic heterocycles. The molecule has 2 aromatic heterocycles. The second-order valence-corrected chi connectivity index (χ2v) is 6.15. The van der Waals surface area contributed by atoms with Crippen LogP contribution in [0.4, 0.5) is 11.4 Å². The zero-order chi connectivity index (χ0) is 16.9. The first kappa shape index (κ1) is 16.3. The van der Waals surface area contributed by atoms with Crippen molar-refractivity contribution in [3.63, 3.8) is 0 Å². The van der Waals surface area contributed by atoms with Crippen molar-refractivity contribution in [1.29, 1.82) is 0 Å². The molecule has 0 atom stereocenters. The molecule has 0 aliphatic rings. The van der Waals surface area contributed by atoms with E-state index in [9.17, 15) is 4.79 Å². The molecule has 0 saturated heterocycles. The molecule has 0 unspecified atom stereocenters. The largest absolute Gasteiger partial charge is 0.467 e. The zero-order valence-corrected chi connectivity index (χ0v) is 14.6. The minimum atomic E-state index is -0.252. The Labute approximate surface area is 148 Å². The van der Waals surface area contributed by atoms with Gasteiger partial charge < -0.3 is 15.1 Å². The Bertz CT molecular complexity index is 847. The smallest absolute Gasteiger partial charge is 0.270 e. The predicted octanol–water partition coefficient (Wildman–Crippen LogP) is 4.42. The zero-order valence-electron chi connectivity index (χ0n) is 13.0. The van der Waals surface area contributed by atoms with Gasteiger partial charge in [-0.2, -0.15) is 0 Å². The standard InChI is InChI=1S/C18H16BrN3O2/c1-12-4-5-16(15(19)9-12)22-13-6-7-20-17(10-13)18(23)21-11-14-3-2-8-24-14/h2-10H,11H2,1H3,(H,20,22)(H,21,23). The van der Waals surface area contributed by atoms with Crippen LogP contribution in [0.15, 0.2) is 63.8 Å². The van der Waals surface area contributed by atoms with Gasteiger partial charge in [-0.15, -0.1) is 0 Å². The van der Waals surface area contributed by atoms with Gasteiger partial charge in [0.1, 0.15) is 11.5 Å². The Hall–Kier alpha value is -2.60. The second kappa shape index (κ2) is 7.31. The summed E-state index contributed by atoms with van der Waals surface area (Å²) in [5, 5.41) is 6.06. The quantitative estimate of drug-likeness (QED) is 0.681. The van der Waals surface area contributed by atoms with Crippen molar-refractivity contribution in [3.05, 3.63) is 76.4 Å². The lowest BCUT2D eigenvalue weighted by molar-refractivity contribution is 0.0943. The number of hydrogen-bond acceptors (Lipinski definition) is 4. The normalized spacial score (nSPS) is 10.4. The first-order valence-corrected chi connectivity index (χ1v) is 8.21. The van der Waals surface area contributed by atoms with Crippen LogP contribution in [0.5, 0.6) is 0 Å². The number of nitrogens with zero attached hydrogens (tertiary/aromatic N) is 1. The van der Waals surface area contributed by atoms with Crippen LogP contribution in [-0.2, 0) is 6.54 Å². The maximum Gasteiger partial charge on any atom is 0.270 e. The Kier molecular flexibility index (Phi) is 4.96. The van der Waals surface area contributed by atoms with Gasteiger partial charge in [0, 0.05) is 16.4 Å². The molecule has 3 rings (SSSR count). The molecule has 0 aliphatic carbocycles. The fourth-order valence-electron chi connectivity index (χ4n) is 2.18. The van der Waals surface area contributed by atoms with E-state index in [1.807, 2.05) is 31.2 Å². The molecular formula is C18H16BrN3O2. The van der Waals surface area contributed by atoms with E-state index in [0.717, 1.165) is 15.8 Å². The maximum absolute atomic E-state index is 12.2. The fourth-order valence-corrected chi connectivity index (χ4v) is 2.77. The van der Waals surface area contributed by atoms with E-state index in [2.05, 4.69) is 31.5 Å². The third kappa shape index (κ3) is 4.02. The molecule has 122 valence electrons. The molecule has 0 spiro atoms. The van der Waals surface area contributed by atoms with Gasteiger partial charge in [-0.05, 0) is 64.8 Å². The molecule has 0 fully saturated rings. The summed E-state index contributed by atoms with van der Waals surface area (Å²) in [6, 6.07) is 13.1. The number of rotatable bonds is 5. The van der Waals surface area contributed by atoms with Gasteiger partial charge in [-0.3, -0.25) is 9.78 Å². The molecule has 1 aromatic carbocycles. The van der Waals surface area contributed by atoms with E-state index in [0.29, 0.717) is 18.0 Å². The van der Waals surface area contributed by atoms with E-state index >= 15 is 0 Å². The molecule has 6 heteroatoms. The Morgan fingerprint density at radius 3 is 2.88 bits per heavy atom. The van der Waals surface area contributed by atoms with Gasteiger partial charge in [-0.25, -0.2) is 0 Å². The summed E-state index contributed by atoms with van der Waals surface area (Å²) < 4.78 is 6.15. The highest BCUT2D eigenvalue weighted by Crippen LogP contribution is 2.26. The van der Waals surface area contributed by atoms with Crippen molar-refractivity contribution in [2.24, 2.45) is 0 Å². The van der Waals surface area contributed by atoms with Gasteiger partial charge in [0.25, 0.3) is 5.91 Å². The van der Waals surface area contributed by atoms with Gasteiger partial charge in [0.2, 0.25) is 0 Å². The number of pyridine rings is 1. The molecule has 0 saturated carbocycles. The molecule has 1 amide bonds. The summed E-state index contributed by atoms with van der Waals surface area (Å²) >= 11 is 3.53. The topological polar surface area (TPSA) is 67.2 Å².